The SMILES string of the molecule is CC(C)(C)OCC(=O)N(CCN1[C@@H]2CC[C@H]1C[C@@H](c1cccc(C(N)=O)c1)C2)Cc1c(F)cccc1F. The summed E-state index contributed by atoms with van der Waals surface area (Å²) in [6, 6.07) is 12.0. The van der Waals surface area contributed by atoms with Crippen molar-refractivity contribution in [2.24, 2.45) is 5.73 Å². The quantitative estimate of drug-likeness (QED) is 0.531. The number of piperidine rings is 1. The van der Waals surface area contributed by atoms with Gasteiger partial charge in [0.2, 0.25) is 11.8 Å². The van der Waals surface area contributed by atoms with Crippen LogP contribution >= 0.6 is 0 Å². The smallest absolute Gasteiger partial charge is 0.248 e. The number of benzene rings is 2. The minimum atomic E-state index is -0.659. The molecule has 200 valence electrons. The predicted molar refractivity (Wildman–Crippen MR) is 138 cm³/mol. The lowest BCUT2D eigenvalue weighted by molar-refractivity contribution is -0.142. The van der Waals surface area contributed by atoms with E-state index in [0.29, 0.717) is 36.7 Å². The third kappa shape index (κ3) is 6.73. The van der Waals surface area contributed by atoms with Gasteiger partial charge in [0.15, 0.2) is 0 Å². The van der Waals surface area contributed by atoms with Crippen molar-refractivity contribution in [3.63, 3.8) is 0 Å². The van der Waals surface area contributed by atoms with Gasteiger partial charge < -0.3 is 15.4 Å². The van der Waals surface area contributed by atoms with E-state index in [4.69, 9.17) is 10.5 Å². The molecule has 2 N–H and O–H groups in total. The number of carbonyl (C=O) groups excluding carboxylic acids is 2. The number of amides is 2. The zero-order chi connectivity index (χ0) is 26.7. The maximum atomic E-state index is 14.4. The van der Waals surface area contributed by atoms with Crippen molar-refractivity contribution in [2.45, 2.75) is 76.6 Å². The third-order valence-corrected chi connectivity index (χ3v) is 7.55. The maximum absolute atomic E-state index is 14.4. The molecule has 2 fully saturated rings. The lowest BCUT2D eigenvalue weighted by Gasteiger charge is -2.40. The summed E-state index contributed by atoms with van der Waals surface area (Å²) in [6.07, 6.45) is 4.06. The highest BCUT2D eigenvalue weighted by Gasteiger charge is 2.41. The predicted octanol–water partition coefficient (Wildman–Crippen LogP) is 4.62. The first-order valence-electron chi connectivity index (χ1n) is 13.0. The van der Waals surface area contributed by atoms with Crippen LogP contribution in [0.1, 0.15) is 73.9 Å². The minimum Gasteiger partial charge on any atom is -0.366 e. The molecule has 2 aromatic carbocycles. The van der Waals surface area contributed by atoms with Crippen LogP contribution in [0.3, 0.4) is 0 Å². The standard InChI is InChI=1S/C29H37F2N3O3/c1-29(2,3)37-18-27(35)33(17-24-25(30)8-5-9-26(24)31)12-13-34-22-10-11-23(34)16-21(15-22)19-6-4-7-20(14-19)28(32)36/h4-9,14,21-23H,10-13,15-18H2,1-3H3,(H2,32,36)/t21-,22+,23-. The van der Waals surface area contributed by atoms with E-state index in [9.17, 15) is 18.4 Å². The van der Waals surface area contributed by atoms with Crippen LogP contribution in [0.2, 0.25) is 0 Å². The van der Waals surface area contributed by atoms with Crippen LogP contribution in [0.4, 0.5) is 8.78 Å². The Hall–Kier alpha value is -2.84. The van der Waals surface area contributed by atoms with E-state index in [1.54, 1.807) is 6.07 Å². The summed E-state index contributed by atoms with van der Waals surface area (Å²) < 4.78 is 34.5. The van der Waals surface area contributed by atoms with Crippen molar-refractivity contribution in [3.05, 3.63) is 70.8 Å². The van der Waals surface area contributed by atoms with E-state index in [0.717, 1.165) is 31.2 Å². The fourth-order valence-electron chi connectivity index (χ4n) is 5.63. The molecule has 2 aromatic rings. The van der Waals surface area contributed by atoms with E-state index in [2.05, 4.69) is 11.0 Å². The number of carbonyl (C=O) groups is 2. The molecule has 2 bridgehead atoms. The van der Waals surface area contributed by atoms with Crippen molar-refractivity contribution in [2.75, 3.05) is 19.7 Å². The molecule has 8 heteroatoms. The Labute approximate surface area is 217 Å². The molecule has 2 amide bonds. The summed E-state index contributed by atoms with van der Waals surface area (Å²) in [4.78, 5) is 28.7. The first-order chi connectivity index (χ1) is 17.5. The maximum Gasteiger partial charge on any atom is 0.248 e. The van der Waals surface area contributed by atoms with Gasteiger partial charge in [-0.05, 0) is 82.2 Å². The first kappa shape index (κ1) is 27.2. The number of primary amides is 1. The van der Waals surface area contributed by atoms with Gasteiger partial charge in [-0.25, -0.2) is 8.78 Å². The van der Waals surface area contributed by atoms with Gasteiger partial charge in [0, 0.05) is 36.3 Å². The number of ether oxygens (including phenoxy) is 1. The number of fused-ring (bicyclic) bond motifs is 2. The molecule has 0 aliphatic carbocycles. The number of nitrogens with two attached hydrogens (primary N) is 1. The Morgan fingerprint density at radius 2 is 1.68 bits per heavy atom. The number of hydrogen-bond acceptors (Lipinski definition) is 4. The van der Waals surface area contributed by atoms with Gasteiger partial charge in [-0.3, -0.25) is 14.5 Å². The van der Waals surface area contributed by atoms with Crippen molar-refractivity contribution >= 4 is 11.8 Å². The number of nitrogens with zero attached hydrogens (tertiary/aromatic N) is 2. The Kier molecular flexibility index (Phi) is 8.29. The summed E-state index contributed by atoms with van der Waals surface area (Å²) in [5.74, 6) is -1.68. The zero-order valence-electron chi connectivity index (χ0n) is 21.9. The van der Waals surface area contributed by atoms with E-state index in [1.165, 1.54) is 23.1 Å². The average Bonchev–Trinajstić information content (AvgIpc) is 3.07. The minimum absolute atomic E-state index is 0.109. The highest BCUT2D eigenvalue weighted by atomic mass is 19.1. The van der Waals surface area contributed by atoms with Crippen LogP contribution in [0.5, 0.6) is 0 Å². The lowest BCUT2D eigenvalue weighted by atomic mass is 9.84. The number of hydrogen-bond donors (Lipinski definition) is 1. The first-order valence-corrected chi connectivity index (χ1v) is 13.0. The van der Waals surface area contributed by atoms with Crippen LogP contribution in [0.25, 0.3) is 0 Å². The van der Waals surface area contributed by atoms with E-state index in [1.807, 2.05) is 32.9 Å². The molecule has 0 spiro atoms. The molecule has 0 unspecified atom stereocenters. The molecule has 0 aromatic heterocycles. The van der Waals surface area contributed by atoms with Crippen LogP contribution in [-0.2, 0) is 16.1 Å². The highest BCUT2D eigenvalue weighted by molar-refractivity contribution is 5.92. The molecular formula is C29H37F2N3O3. The second-order valence-corrected chi connectivity index (χ2v) is 11.2. The summed E-state index contributed by atoms with van der Waals surface area (Å²) in [5.41, 5.74) is 6.53. The van der Waals surface area contributed by atoms with E-state index < -0.39 is 23.1 Å². The summed E-state index contributed by atoms with van der Waals surface area (Å²) in [5, 5.41) is 0. The molecular weight excluding hydrogens is 476 g/mol. The van der Waals surface area contributed by atoms with Crippen molar-refractivity contribution in [1.29, 1.82) is 0 Å². The number of halogens is 2. The molecule has 0 saturated carbocycles. The van der Waals surface area contributed by atoms with Crippen molar-refractivity contribution in [1.82, 2.24) is 9.80 Å². The van der Waals surface area contributed by atoms with Crippen LogP contribution in [0, 0.1) is 11.6 Å². The monoisotopic (exact) mass is 513 g/mol. The Morgan fingerprint density at radius 1 is 1.05 bits per heavy atom. The molecule has 2 saturated heterocycles. The summed E-state index contributed by atoms with van der Waals surface area (Å²) >= 11 is 0. The van der Waals surface area contributed by atoms with Gasteiger partial charge in [0.1, 0.15) is 18.2 Å². The molecule has 3 atom stereocenters. The fourth-order valence-corrected chi connectivity index (χ4v) is 5.63. The second-order valence-electron chi connectivity index (χ2n) is 11.2. The van der Waals surface area contributed by atoms with Crippen LogP contribution in [-0.4, -0.2) is 59.0 Å². The van der Waals surface area contributed by atoms with Gasteiger partial charge in [-0.2, -0.15) is 0 Å². The molecule has 2 aliphatic rings. The van der Waals surface area contributed by atoms with Crippen LogP contribution in [0.15, 0.2) is 42.5 Å². The largest absolute Gasteiger partial charge is 0.366 e. The summed E-state index contributed by atoms with van der Waals surface area (Å²) in [7, 11) is 0. The van der Waals surface area contributed by atoms with E-state index in [-0.39, 0.29) is 24.6 Å². The second kappa shape index (κ2) is 11.3. The Morgan fingerprint density at radius 3 is 2.27 bits per heavy atom. The molecule has 37 heavy (non-hydrogen) atoms. The average molecular weight is 514 g/mol. The van der Waals surface area contributed by atoms with Gasteiger partial charge in [-0.15, -0.1) is 0 Å². The topological polar surface area (TPSA) is 75.9 Å². The molecule has 6 nitrogen and oxygen atoms in total. The number of rotatable bonds is 9. The van der Waals surface area contributed by atoms with Gasteiger partial charge in [0.05, 0.1) is 12.1 Å². The van der Waals surface area contributed by atoms with Crippen molar-refractivity contribution < 1.29 is 23.1 Å². The Balaban J connectivity index is 1.44. The molecule has 4 rings (SSSR count). The normalized spacial score (nSPS) is 21.7. The lowest BCUT2D eigenvalue weighted by Crippen LogP contribution is -2.47. The third-order valence-electron chi connectivity index (χ3n) is 7.55. The Bertz CT molecular complexity index is 1100. The fraction of sp³-hybridized carbons (Fsp3) is 0.517. The summed E-state index contributed by atoms with van der Waals surface area (Å²) in [6.45, 7) is 6.28. The van der Waals surface area contributed by atoms with Gasteiger partial charge >= 0.3 is 0 Å². The van der Waals surface area contributed by atoms with Crippen LogP contribution < -0.4 is 5.73 Å². The van der Waals surface area contributed by atoms with E-state index >= 15 is 0 Å². The van der Waals surface area contributed by atoms with Gasteiger partial charge in [0.25, 0.3) is 0 Å². The zero-order valence-corrected chi connectivity index (χ0v) is 21.9. The highest BCUT2D eigenvalue weighted by Crippen LogP contribution is 2.43. The van der Waals surface area contributed by atoms with Crippen molar-refractivity contribution in [3.8, 4) is 0 Å². The molecule has 0 radical (unpaired) electrons. The molecule has 2 aliphatic heterocycles. The molecule has 2 heterocycles. The van der Waals surface area contributed by atoms with Gasteiger partial charge in [-0.1, -0.05) is 18.2 Å².